The van der Waals surface area contributed by atoms with E-state index < -0.39 is 16.0 Å². The standard InChI is InChI=1S/C31H23N3O5S/c1-38-28-17-18-29(30-25(28)11-7-19-32-30)40(36,37)34-26-12-6-5-10-24(26)15-13-22-14-16-27(33-20-22)31(35)39-21-23-8-3-2-4-9-23/h2-12,14,16-20,34H,21H2,1H3. The van der Waals surface area contributed by atoms with Gasteiger partial charge in [-0.2, -0.15) is 0 Å². The summed E-state index contributed by atoms with van der Waals surface area (Å²) in [5.41, 5.74) is 2.65. The molecule has 3 aromatic carbocycles. The van der Waals surface area contributed by atoms with E-state index in [1.165, 1.54) is 31.6 Å². The fourth-order valence-corrected chi connectivity index (χ4v) is 5.16. The third-order valence-electron chi connectivity index (χ3n) is 5.90. The van der Waals surface area contributed by atoms with Crippen molar-refractivity contribution in [2.45, 2.75) is 11.5 Å². The zero-order valence-electron chi connectivity index (χ0n) is 21.4. The van der Waals surface area contributed by atoms with Gasteiger partial charge in [0.25, 0.3) is 10.0 Å². The van der Waals surface area contributed by atoms with Gasteiger partial charge in [0.1, 0.15) is 22.9 Å². The minimum Gasteiger partial charge on any atom is -0.496 e. The lowest BCUT2D eigenvalue weighted by Gasteiger charge is -2.13. The maximum atomic E-state index is 13.4. The molecule has 0 saturated heterocycles. The molecule has 0 spiro atoms. The lowest BCUT2D eigenvalue weighted by atomic mass is 10.1. The maximum Gasteiger partial charge on any atom is 0.357 e. The molecular formula is C31H23N3O5S. The third kappa shape index (κ3) is 5.93. The number of esters is 1. The Morgan fingerprint density at radius 1 is 0.875 bits per heavy atom. The number of sulfonamides is 1. The van der Waals surface area contributed by atoms with Crippen LogP contribution in [0.5, 0.6) is 5.75 Å². The molecule has 2 aromatic heterocycles. The van der Waals surface area contributed by atoms with Crippen LogP contribution in [0.4, 0.5) is 5.69 Å². The Bertz CT molecular complexity index is 1850. The number of fused-ring (bicyclic) bond motifs is 1. The summed E-state index contributed by atoms with van der Waals surface area (Å²) in [6, 6.07) is 25.9. The van der Waals surface area contributed by atoms with Crippen LogP contribution in [-0.4, -0.2) is 31.5 Å². The van der Waals surface area contributed by atoms with Gasteiger partial charge in [0.15, 0.2) is 0 Å². The molecule has 5 rings (SSSR count). The monoisotopic (exact) mass is 549 g/mol. The molecule has 0 atom stereocenters. The number of anilines is 1. The first-order valence-electron chi connectivity index (χ1n) is 12.2. The quantitative estimate of drug-likeness (QED) is 0.220. The number of para-hydroxylation sites is 1. The molecule has 2 heterocycles. The molecule has 0 bridgehead atoms. The van der Waals surface area contributed by atoms with Crippen LogP contribution in [0.25, 0.3) is 10.9 Å². The Balaban J connectivity index is 1.34. The van der Waals surface area contributed by atoms with Gasteiger partial charge in [0.05, 0.1) is 18.3 Å². The van der Waals surface area contributed by atoms with Crippen molar-refractivity contribution in [1.29, 1.82) is 0 Å². The summed E-state index contributed by atoms with van der Waals surface area (Å²) < 4.78 is 40.1. The summed E-state index contributed by atoms with van der Waals surface area (Å²) in [4.78, 5) is 20.8. The highest BCUT2D eigenvalue weighted by molar-refractivity contribution is 7.93. The van der Waals surface area contributed by atoms with Gasteiger partial charge in [-0.05, 0) is 54.1 Å². The summed E-state index contributed by atoms with van der Waals surface area (Å²) in [7, 11) is -2.49. The van der Waals surface area contributed by atoms with E-state index in [4.69, 9.17) is 9.47 Å². The van der Waals surface area contributed by atoms with Gasteiger partial charge in [-0.3, -0.25) is 9.71 Å². The SMILES string of the molecule is COc1ccc(S(=O)(=O)Nc2ccccc2C#Cc2ccc(C(=O)OCc3ccccc3)nc2)c2ncccc12. The van der Waals surface area contributed by atoms with E-state index in [1.807, 2.05) is 30.3 Å². The first kappa shape index (κ1) is 26.4. The molecule has 9 heteroatoms. The second-order valence-electron chi connectivity index (χ2n) is 8.56. The first-order valence-corrected chi connectivity index (χ1v) is 13.7. The van der Waals surface area contributed by atoms with Crippen molar-refractivity contribution < 1.29 is 22.7 Å². The van der Waals surface area contributed by atoms with Crippen LogP contribution in [0, 0.1) is 11.8 Å². The van der Waals surface area contributed by atoms with Crippen molar-refractivity contribution in [2.24, 2.45) is 0 Å². The minimum absolute atomic E-state index is 0.0191. The molecule has 198 valence electrons. The number of carbonyl (C=O) groups is 1. The van der Waals surface area contributed by atoms with E-state index in [0.717, 1.165) is 5.56 Å². The van der Waals surface area contributed by atoms with Crippen molar-refractivity contribution >= 4 is 32.6 Å². The van der Waals surface area contributed by atoms with Crippen molar-refractivity contribution in [3.8, 4) is 17.6 Å². The number of hydrogen-bond acceptors (Lipinski definition) is 7. The highest BCUT2D eigenvalue weighted by atomic mass is 32.2. The number of hydrogen-bond donors (Lipinski definition) is 1. The zero-order valence-corrected chi connectivity index (χ0v) is 22.2. The molecule has 0 radical (unpaired) electrons. The van der Waals surface area contributed by atoms with Gasteiger partial charge >= 0.3 is 5.97 Å². The highest BCUT2D eigenvalue weighted by Crippen LogP contribution is 2.30. The molecule has 0 saturated carbocycles. The average Bonchev–Trinajstić information content (AvgIpc) is 2.99. The van der Waals surface area contributed by atoms with E-state index in [0.29, 0.717) is 33.5 Å². The molecule has 5 aromatic rings. The van der Waals surface area contributed by atoms with Crippen LogP contribution < -0.4 is 9.46 Å². The number of ether oxygens (including phenoxy) is 2. The normalized spacial score (nSPS) is 10.8. The molecule has 0 amide bonds. The van der Waals surface area contributed by atoms with E-state index in [2.05, 4.69) is 26.5 Å². The number of benzene rings is 3. The number of carbonyl (C=O) groups excluding carboxylic acids is 1. The maximum absolute atomic E-state index is 13.4. The predicted octanol–water partition coefficient (Wildman–Crippen LogP) is 5.20. The Kier molecular flexibility index (Phi) is 7.71. The van der Waals surface area contributed by atoms with E-state index in [9.17, 15) is 13.2 Å². The van der Waals surface area contributed by atoms with E-state index >= 15 is 0 Å². The summed E-state index contributed by atoms with van der Waals surface area (Å²) in [5, 5.41) is 0.584. The predicted molar refractivity (Wildman–Crippen MR) is 151 cm³/mol. The molecule has 0 fully saturated rings. The number of pyridine rings is 2. The van der Waals surface area contributed by atoms with Crippen LogP contribution in [0.3, 0.4) is 0 Å². The largest absolute Gasteiger partial charge is 0.496 e. The topological polar surface area (TPSA) is 107 Å². The molecule has 0 unspecified atom stereocenters. The highest BCUT2D eigenvalue weighted by Gasteiger charge is 2.21. The molecule has 1 N–H and O–H groups in total. The van der Waals surface area contributed by atoms with Gasteiger partial charge in [0.2, 0.25) is 0 Å². The Labute approximate surface area is 231 Å². The van der Waals surface area contributed by atoms with E-state index in [1.54, 1.807) is 48.5 Å². The first-order chi connectivity index (χ1) is 19.4. The average molecular weight is 550 g/mol. The fourth-order valence-electron chi connectivity index (χ4n) is 3.92. The summed E-state index contributed by atoms with van der Waals surface area (Å²) in [6.07, 6.45) is 3.00. The smallest absolute Gasteiger partial charge is 0.357 e. The Hall–Kier alpha value is -5.20. The van der Waals surface area contributed by atoms with E-state index in [-0.39, 0.29) is 17.2 Å². The van der Waals surface area contributed by atoms with Gasteiger partial charge < -0.3 is 9.47 Å². The van der Waals surface area contributed by atoms with Gasteiger partial charge in [-0.1, -0.05) is 54.3 Å². The number of methoxy groups -OCH3 is 1. The minimum atomic E-state index is -4.01. The van der Waals surface area contributed by atoms with Crippen LogP contribution in [0.15, 0.2) is 108 Å². The molecular weight excluding hydrogens is 526 g/mol. The second-order valence-corrected chi connectivity index (χ2v) is 10.2. The van der Waals surface area contributed by atoms with Crippen LogP contribution >= 0.6 is 0 Å². The number of rotatable bonds is 7. The Morgan fingerprint density at radius 2 is 1.68 bits per heavy atom. The Morgan fingerprint density at radius 3 is 2.45 bits per heavy atom. The van der Waals surface area contributed by atoms with Gasteiger partial charge in [0, 0.05) is 28.9 Å². The number of nitrogens with one attached hydrogen (secondary N) is 1. The van der Waals surface area contributed by atoms with Gasteiger partial charge in [-0.15, -0.1) is 0 Å². The summed E-state index contributed by atoms with van der Waals surface area (Å²) >= 11 is 0. The molecule has 0 aliphatic heterocycles. The van der Waals surface area contributed by atoms with Gasteiger partial charge in [-0.25, -0.2) is 18.2 Å². The number of nitrogens with zero attached hydrogens (tertiary/aromatic N) is 2. The van der Waals surface area contributed by atoms with Crippen LogP contribution in [0.2, 0.25) is 0 Å². The van der Waals surface area contributed by atoms with Crippen molar-refractivity contribution in [3.05, 3.63) is 126 Å². The summed E-state index contributed by atoms with van der Waals surface area (Å²) in [5.74, 6) is 5.94. The fraction of sp³-hybridized carbons (Fsp3) is 0.0645. The van der Waals surface area contributed by atoms with Crippen LogP contribution in [0.1, 0.15) is 27.2 Å². The number of aromatic nitrogens is 2. The lowest BCUT2D eigenvalue weighted by molar-refractivity contribution is 0.0465. The van der Waals surface area contributed by atoms with Crippen molar-refractivity contribution in [3.63, 3.8) is 0 Å². The van der Waals surface area contributed by atoms with Crippen LogP contribution in [-0.2, 0) is 21.4 Å². The summed E-state index contributed by atoms with van der Waals surface area (Å²) in [6.45, 7) is 0.151. The molecule has 0 aliphatic rings. The van der Waals surface area contributed by atoms with Crippen molar-refractivity contribution in [2.75, 3.05) is 11.8 Å². The zero-order chi connectivity index (χ0) is 28.0. The molecule has 40 heavy (non-hydrogen) atoms. The molecule has 0 aliphatic carbocycles. The second kappa shape index (κ2) is 11.7. The lowest BCUT2D eigenvalue weighted by Crippen LogP contribution is -2.14. The third-order valence-corrected chi connectivity index (χ3v) is 7.30. The van der Waals surface area contributed by atoms with Crippen molar-refractivity contribution in [1.82, 2.24) is 9.97 Å². The molecule has 8 nitrogen and oxygen atoms in total.